The van der Waals surface area contributed by atoms with Crippen molar-refractivity contribution in [2.45, 2.75) is 0 Å². The Bertz CT molecular complexity index is 1090. The molecule has 0 radical (unpaired) electrons. The fraction of sp³-hybridized carbons (Fsp3) is 0. The van der Waals surface area contributed by atoms with Gasteiger partial charge in [0.2, 0.25) is 5.95 Å². The minimum absolute atomic E-state index is 0.226. The number of hydrogen-bond acceptors (Lipinski definition) is 5. The third-order valence-corrected chi connectivity index (χ3v) is 3.61. The summed E-state index contributed by atoms with van der Waals surface area (Å²) < 4.78 is 0. The predicted molar refractivity (Wildman–Crippen MR) is 98.2 cm³/mol. The van der Waals surface area contributed by atoms with Gasteiger partial charge in [-0.3, -0.25) is 5.10 Å². The minimum atomic E-state index is 0.226. The van der Waals surface area contributed by atoms with Gasteiger partial charge < -0.3 is 11.1 Å². The number of H-pyrrole nitrogens is 1. The van der Waals surface area contributed by atoms with Crippen molar-refractivity contribution < 1.29 is 0 Å². The van der Waals surface area contributed by atoms with Gasteiger partial charge in [-0.1, -0.05) is 24.1 Å². The first kappa shape index (κ1) is 14.7. The van der Waals surface area contributed by atoms with Crippen LogP contribution in [-0.2, 0) is 0 Å². The van der Waals surface area contributed by atoms with E-state index in [0.717, 1.165) is 27.8 Å². The molecule has 6 heteroatoms. The van der Waals surface area contributed by atoms with Crippen molar-refractivity contribution in [1.82, 2.24) is 20.2 Å². The minimum Gasteiger partial charge on any atom is -0.368 e. The normalized spacial score (nSPS) is 10.2. The first-order chi connectivity index (χ1) is 12.3. The second kappa shape index (κ2) is 6.34. The van der Waals surface area contributed by atoms with E-state index in [-0.39, 0.29) is 5.95 Å². The average molecular weight is 326 g/mol. The van der Waals surface area contributed by atoms with Gasteiger partial charge in [0.1, 0.15) is 11.5 Å². The number of rotatable bonds is 2. The van der Waals surface area contributed by atoms with Gasteiger partial charge in [-0.15, -0.1) is 0 Å². The number of aromatic nitrogens is 4. The molecular weight excluding hydrogens is 312 g/mol. The van der Waals surface area contributed by atoms with E-state index in [1.807, 2.05) is 48.5 Å². The summed E-state index contributed by atoms with van der Waals surface area (Å²) >= 11 is 0. The van der Waals surface area contributed by atoms with Crippen LogP contribution >= 0.6 is 0 Å². The van der Waals surface area contributed by atoms with Crippen LogP contribution < -0.4 is 11.1 Å². The molecule has 25 heavy (non-hydrogen) atoms. The largest absolute Gasteiger partial charge is 0.368 e. The molecule has 0 atom stereocenters. The van der Waals surface area contributed by atoms with E-state index >= 15 is 0 Å². The summed E-state index contributed by atoms with van der Waals surface area (Å²) in [5, 5.41) is 11.4. The number of nitrogens with zero attached hydrogens (tertiary/aromatic N) is 3. The van der Waals surface area contributed by atoms with Crippen LogP contribution in [-0.4, -0.2) is 20.2 Å². The van der Waals surface area contributed by atoms with E-state index in [2.05, 4.69) is 37.3 Å². The van der Waals surface area contributed by atoms with Gasteiger partial charge >= 0.3 is 0 Å². The lowest BCUT2D eigenvalue weighted by atomic mass is 10.1. The molecule has 0 bridgehead atoms. The van der Waals surface area contributed by atoms with Crippen LogP contribution in [0.3, 0.4) is 0 Å². The third kappa shape index (κ3) is 3.26. The molecule has 120 valence electrons. The summed E-state index contributed by atoms with van der Waals surface area (Å²) in [6.45, 7) is 0. The van der Waals surface area contributed by atoms with Gasteiger partial charge in [-0.05, 0) is 42.3 Å². The molecule has 0 amide bonds. The second-order valence-corrected chi connectivity index (χ2v) is 5.37. The van der Waals surface area contributed by atoms with Crippen LogP contribution in [0.1, 0.15) is 11.3 Å². The van der Waals surface area contributed by atoms with Crippen molar-refractivity contribution in [2.24, 2.45) is 0 Å². The second-order valence-electron chi connectivity index (χ2n) is 5.37. The summed E-state index contributed by atoms with van der Waals surface area (Å²) in [6, 6.07) is 17.4. The third-order valence-electron chi connectivity index (χ3n) is 3.61. The summed E-state index contributed by atoms with van der Waals surface area (Å²) in [7, 11) is 0. The lowest BCUT2D eigenvalue weighted by Gasteiger charge is -2.05. The van der Waals surface area contributed by atoms with Crippen LogP contribution in [0.2, 0.25) is 0 Å². The Morgan fingerprint density at radius 1 is 1.00 bits per heavy atom. The van der Waals surface area contributed by atoms with Gasteiger partial charge in [-0.2, -0.15) is 10.1 Å². The molecule has 0 aliphatic carbocycles. The van der Waals surface area contributed by atoms with Gasteiger partial charge in [0.05, 0.1) is 5.52 Å². The number of nitrogens with two attached hydrogens (primary N) is 1. The number of benzene rings is 2. The Morgan fingerprint density at radius 2 is 1.88 bits per heavy atom. The fourth-order valence-electron chi connectivity index (χ4n) is 2.43. The van der Waals surface area contributed by atoms with Crippen LogP contribution in [0.4, 0.5) is 17.5 Å². The lowest BCUT2D eigenvalue weighted by Crippen LogP contribution is -1.98. The van der Waals surface area contributed by atoms with Crippen LogP contribution in [0, 0.1) is 11.8 Å². The number of nitrogen functional groups attached to an aromatic ring is 1. The zero-order valence-electron chi connectivity index (χ0n) is 13.2. The monoisotopic (exact) mass is 326 g/mol. The van der Waals surface area contributed by atoms with Crippen molar-refractivity contribution in [1.29, 1.82) is 0 Å². The van der Waals surface area contributed by atoms with Crippen LogP contribution in [0.15, 0.2) is 60.8 Å². The zero-order valence-corrected chi connectivity index (χ0v) is 13.2. The molecular formula is C19H14N6. The molecule has 0 saturated carbocycles. The van der Waals surface area contributed by atoms with Crippen molar-refractivity contribution >= 4 is 28.4 Å². The van der Waals surface area contributed by atoms with Gasteiger partial charge in [0.25, 0.3) is 0 Å². The van der Waals surface area contributed by atoms with Crippen LogP contribution in [0.5, 0.6) is 0 Å². The highest BCUT2D eigenvalue weighted by Gasteiger charge is 2.05. The quantitative estimate of drug-likeness (QED) is 0.492. The predicted octanol–water partition coefficient (Wildman–Crippen LogP) is 3.08. The molecule has 0 saturated heterocycles. The number of anilines is 3. The first-order valence-electron chi connectivity index (χ1n) is 7.69. The molecule has 4 rings (SSSR count). The van der Waals surface area contributed by atoms with Gasteiger partial charge in [0, 0.05) is 22.8 Å². The summed E-state index contributed by atoms with van der Waals surface area (Å²) in [6.07, 6.45) is 1.61. The SMILES string of the molecule is Nc1nccc(Nc2ccc3n[nH]c(C#Cc4ccccc4)c3c2)n1. The van der Waals surface area contributed by atoms with Crippen molar-refractivity contribution in [3.63, 3.8) is 0 Å². The molecule has 4 N–H and O–H groups in total. The smallest absolute Gasteiger partial charge is 0.221 e. The maximum atomic E-state index is 5.61. The maximum absolute atomic E-state index is 5.61. The van der Waals surface area contributed by atoms with Crippen LogP contribution in [0.25, 0.3) is 10.9 Å². The topological polar surface area (TPSA) is 92.5 Å². The standard InChI is InChI=1S/C19H14N6/c20-19-21-11-10-18(23-19)22-14-7-9-17-15(12-14)16(24-25-17)8-6-13-4-2-1-3-5-13/h1-5,7,9-12H,(H,24,25)(H3,20,21,22,23). The number of hydrogen-bond donors (Lipinski definition) is 3. The Morgan fingerprint density at radius 3 is 2.72 bits per heavy atom. The summed E-state index contributed by atoms with van der Waals surface area (Å²) in [4.78, 5) is 8.02. The maximum Gasteiger partial charge on any atom is 0.221 e. The molecule has 4 aromatic rings. The zero-order chi connectivity index (χ0) is 17.1. The van der Waals surface area contributed by atoms with E-state index in [0.29, 0.717) is 5.82 Å². The number of aromatic amines is 1. The average Bonchev–Trinajstić information content (AvgIpc) is 3.03. The Balaban J connectivity index is 1.67. The molecule has 2 aromatic carbocycles. The molecule has 2 aromatic heterocycles. The summed E-state index contributed by atoms with van der Waals surface area (Å²) in [5.74, 6) is 7.14. The fourth-order valence-corrected chi connectivity index (χ4v) is 2.43. The molecule has 0 aliphatic rings. The van der Waals surface area contributed by atoms with E-state index in [1.165, 1.54) is 0 Å². The van der Waals surface area contributed by atoms with Crippen molar-refractivity contribution in [3.05, 3.63) is 72.1 Å². The highest BCUT2D eigenvalue weighted by molar-refractivity contribution is 5.87. The first-order valence-corrected chi connectivity index (χ1v) is 7.69. The Kier molecular flexibility index (Phi) is 3.73. The van der Waals surface area contributed by atoms with Gasteiger partial charge in [-0.25, -0.2) is 4.98 Å². The highest BCUT2D eigenvalue weighted by atomic mass is 15.1. The number of fused-ring (bicyclic) bond motifs is 1. The number of nitrogens with one attached hydrogen (secondary N) is 2. The highest BCUT2D eigenvalue weighted by Crippen LogP contribution is 2.22. The van der Waals surface area contributed by atoms with E-state index in [9.17, 15) is 0 Å². The van der Waals surface area contributed by atoms with E-state index in [1.54, 1.807) is 12.3 Å². The Hall–Kier alpha value is -3.85. The molecule has 0 spiro atoms. The van der Waals surface area contributed by atoms with Gasteiger partial charge in [0.15, 0.2) is 0 Å². The van der Waals surface area contributed by atoms with E-state index < -0.39 is 0 Å². The molecule has 0 fully saturated rings. The van der Waals surface area contributed by atoms with Crippen molar-refractivity contribution in [2.75, 3.05) is 11.1 Å². The molecule has 2 heterocycles. The lowest BCUT2D eigenvalue weighted by molar-refractivity contribution is 1.10. The van der Waals surface area contributed by atoms with Crippen molar-refractivity contribution in [3.8, 4) is 11.8 Å². The summed E-state index contributed by atoms with van der Waals surface area (Å²) in [5.41, 5.74) is 9.05. The Labute approximate surface area is 144 Å². The van der Waals surface area contributed by atoms with E-state index in [4.69, 9.17) is 5.73 Å². The molecule has 6 nitrogen and oxygen atoms in total. The molecule has 0 unspecified atom stereocenters. The molecule has 0 aliphatic heterocycles.